The third-order valence-electron chi connectivity index (χ3n) is 4.49. The number of nitro groups is 1. The van der Waals surface area contributed by atoms with Crippen molar-refractivity contribution in [3.8, 4) is 5.75 Å². The topological polar surface area (TPSA) is 91.0 Å². The highest BCUT2D eigenvalue weighted by molar-refractivity contribution is 9.10. The molecule has 9 heteroatoms. The summed E-state index contributed by atoms with van der Waals surface area (Å²) in [6.45, 7) is 0.426. The number of non-ortho nitro benzene ring substituents is 1. The molecule has 0 aliphatic carbocycles. The molecule has 160 valence electrons. The van der Waals surface area contributed by atoms with Crippen LogP contribution >= 0.6 is 27.5 Å². The van der Waals surface area contributed by atoms with E-state index in [1.807, 2.05) is 24.3 Å². The number of esters is 1. The van der Waals surface area contributed by atoms with E-state index in [-0.39, 0.29) is 22.3 Å². The van der Waals surface area contributed by atoms with E-state index in [1.54, 1.807) is 30.3 Å². The smallest absolute Gasteiger partial charge is 0.363 e. The van der Waals surface area contributed by atoms with Crippen LogP contribution in [0.5, 0.6) is 5.75 Å². The minimum Gasteiger partial charge on any atom is -0.489 e. The number of carbonyl (C=O) groups excluding carboxylic acids is 1. The van der Waals surface area contributed by atoms with E-state index in [4.69, 9.17) is 21.1 Å². The monoisotopic (exact) mass is 512 g/mol. The Balaban J connectivity index is 1.48. The first kappa shape index (κ1) is 21.7. The van der Waals surface area contributed by atoms with E-state index in [0.717, 1.165) is 15.6 Å². The van der Waals surface area contributed by atoms with E-state index in [1.165, 1.54) is 18.2 Å². The Morgan fingerprint density at radius 3 is 2.59 bits per heavy atom. The second-order valence-corrected chi connectivity index (χ2v) is 8.07. The second kappa shape index (κ2) is 9.33. The number of nitrogens with zero attached hydrogens (tertiary/aromatic N) is 2. The van der Waals surface area contributed by atoms with Gasteiger partial charge in [-0.25, -0.2) is 9.79 Å². The minimum atomic E-state index is -0.635. The summed E-state index contributed by atoms with van der Waals surface area (Å²) in [5.41, 5.74) is 1.99. The molecule has 0 atom stereocenters. The fourth-order valence-electron chi connectivity index (χ4n) is 2.93. The van der Waals surface area contributed by atoms with Gasteiger partial charge in [0, 0.05) is 16.6 Å². The second-order valence-electron chi connectivity index (χ2n) is 6.74. The molecule has 0 N–H and O–H groups in total. The quantitative estimate of drug-likeness (QED) is 0.176. The van der Waals surface area contributed by atoms with Crippen molar-refractivity contribution in [3.05, 3.63) is 109 Å². The third kappa shape index (κ3) is 5.04. The molecule has 0 saturated carbocycles. The summed E-state index contributed by atoms with van der Waals surface area (Å²) in [4.78, 5) is 26.7. The lowest BCUT2D eigenvalue weighted by Crippen LogP contribution is -2.06. The maximum Gasteiger partial charge on any atom is 0.363 e. The van der Waals surface area contributed by atoms with Crippen LogP contribution in [0, 0.1) is 10.1 Å². The Morgan fingerprint density at radius 1 is 1.12 bits per heavy atom. The van der Waals surface area contributed by atoms with Gasteiger partial charge in [0.05, 0.1) is 15.5 Å². The van der Waals surface area contributed by atoms with Crippen molar-refractivity contribution in [2.45, 2.75) is 6.61 Å². The Morgan fingerprint density at radius 2 is 1.91 bits per heavy atom. The molecule has 0 amide bonds. The lowest BCUT2D eigenvalue weighted by molar-refractivity contribution is -0.384. The summed E-state index contributed by atoms with van der Waals surface area (Å²) in [7, 11) is 0. The van der Waals surface area contributed by atoms with Crippen LogP contribution in [-0.2, 0) is 16.1 Å². The molecule has 4 rings (SSSR count). The van der Waals surface area contributed by atoms with Crippen molar-refractivity contribution in [1.82, 2.24) is 0 Å². The van der Waals surface area contributed by atoms with Gasteiger partial charge in [0.2, 0.25) is 5.90 Å². The molecule has 1 aliphatic heterocycles. The fraction of sp³-hybridized carbons (Fsp3) is 0.0435. The molecule has 0 fully saturated rings. The normalized spacial score (nSPS) is 14.2. The number of ether oxygens (including phenoxy) is 2. The van der Waals surface area contributed by atoms with Gasteiger partial charge in [-0.05, 0) is 47.5 Å². The molecule has 7 nitrogen and oxygen atoms in total. The Labute approximate surface area is 196 Å². The molecule has 32 heavy (non-hydrogen) atoms. The van der Waals surface area contributed by atoms with Crippen LogP contribution in [-0.4, -0.2) is 16.8 Å². The van der Waals surface area contributed by atoms with Gasteiger partial charge < -0.3 is 9.47 Å². The Bertz CT molecular complexity index is 1270. The molecule has 0 bridgehead atoms. The molecule has 1 heterocycles. The average molecular weight is 514 g/mol. The number of nitro benzene ring substituents is 1. The molecule has 3 aromatic rings. The number of aliphatic imine (C=N–C) groups is 1. The molecule has 0 saturated heterocycles. The van der Waals surface area contributed by atoms with Crippen LogP contribution < -0.4 is 4.74 Å². The van der Waals surface area contributed by atoms with Gasteiger partial charge in [0.1, 0.15) is 12.4 Å². The van der Waals surface area contributed by atoms with Crippen molar-refractivity contribution in [2.24, 2.45) is 4.99 Å². The van der Waals surface area contributed by atoms with Gasteiger partial charge in [0.25, 0.3) is 5.69 Å². The number of hydrogen-bond donors (Lipinski definition) is 0. The number of carbonyl (C=O) groups is 1. The number of rotatable bonds is 6. The van der Waals surface area contributed by atoms with Gasteiger partial charge in [-0.2, -0.15) is 0 Å². The van der Waals surface area contributed by atoms with E-state index >= 15 is 0 Å². The van der Waals surface area contributed by atoms with Gasteiger partial charge in [-0.1, -0.05) is 51.8 Å². The fourth-order valence-corrected chi connectivity index (χ4v) is 3.63. The maximum absolute atomic E-state index is 12.2. The highest BCUT2D eigenvalue weighted by Gasteiger charge is 2.26. The van der Waals surface area contributed by atoms with E-state index < -0.39 is 10.9 Å². The standard InChI is InChI=1S/C23H14BrClN2O5/c24-16-3-1-2-15(10-16)13-31-18-7-4-14(5-8-18)11-21-23(28)32-22(26-21)19-9-6-17(27(29)30)12-20(19)25/h1-12H,13H2/b21-11-. The van der Waals surface area contributed by atoms with Crippen molar-refractivity contribution in [3.63, 3.8) is 0 Å². The van der Waals surface area contributed by atoms with Gasteiger partial charge >= 0.3 is 5.97 Å². The predicted molar refractivity (Wildman–Crippen MR) is 124 cm³/mol. The first-order chi connectivity index (χ1) is 15.4. The Kier molecular flexibility index (Phi) is 6.34. The number of cyclic esters (lactones) is 1. The molecular weight excluding hydrogens is 500 g/mol. The molecule has 0 unspecified atom stereocenters. The molecule has 0 aromatic heterocycles. The number of benzene rings is 3. The summed E-state index contributed by atoms with van der Waals surface area (Å²) >= 11 is 9.53. The summed E-state index contributed by atoms with van der Waals surface area (Å²) in [5.74, 6) is 0.0440. The highest BCUT2D eigenvalue weighted by atomic mass is 79.9. The number of halogens is 2. The summed E-state index contributed by atoms with van der Waals surface area (Å²) < 4.78 is 12.0. The zero-order chi connectivity index (χ0) is 22.7. The van der Waals surface area contributed by atoms with Gasteiger partial charge in [-0.15, -0.1) is 0 Å². The van der Waals surface area contributed by atoms with Crippen LogP contribution in [0.4, 0.5) is 5.69 Å². The minimum absolute atomic E-state index is 0.00452. The summed E-state index contributed by atoms with van der Waals surface area (Å²) in [5, 5.41) is 10.9. The highest BCUT2D eigenvalue weighted by Crippen LogP contribution is 2.27. The molecule has 1 aliphatic rings. The Hall–Kier alpha value is -3.49. The van der Waals surface area contributed by atoms with E-state index in [0.29, 0.717) is 17.9 Å². The number of hydrogen-bond acceptors (Lipinski definition) is 6. The predicted octanol–water partition coefficient (Wildman–Crippen LogP) is 5.93. The van der Waals surface area contributed by atoms with Gasteiger partial charge in [-0.3, -0.25) is 10.1 Å². The van der Waals surface area contributed by atoms with E-state index in [2.05, 4.69) is 20.9 Å². The SMILES string of the molecule is O=C1OC(c2ccc([N+](=O)[O-])cc2Cl)=N/C1=C\c1ccc(OCc2cccc(Br)c2)cc1. The first-order valence-corrected chi connectivity index (χ1v) is 10.5. The lowest BCUT2D eigenvalue weighted by atomic mass is 10.2. The molecular formula is C23H14BrClN2O5. The van der Waals surface area contributed by atoms with Crippen LogP contribution in [0.3, 0.4) is 0 Å². The van der Waals surface area contributed by atoms with Crippen LogP contribution in [0.25, 0.3) is 6.08 Å². The van der Waals surface area contributed by atoms with Crippen molar-refractivity contribution < 1.29 is 19.2 Å². The van der Waals surface area contributed by atoms with Crippen molar-refractivity contribution in [2.75, 3.05) is 0 Å². The third-order valence-corrected chi connectivity index (χ3v) is 5.30. The van der Waals surface area contributed by atoms with Crippen molar-refractivity contribution >= 4 is 51.2 Å². The van der Waals surface area contributed by atoms with E-state index in [9.17, 15) is 14.9 Å². The van der Waals surface area contributed by atoms with Gasteiger partial charge in [0.15, 0.2) is 5.70 Å². The summed E-state index contributed by atoms with van der Waals surface area (Å²) in [6, 6.07) is 18.9. The van der Waals surface area contributed by atoms with Crippen LogP contribution in [0.1, 0.15) is 16.7 Å². The van der Waals surface area contributed by atoms with Crippen LogP contribution in [0.2, 0.25) is 5.02 Å². The molecule has 0 spiro atoms. The first-order valence-electron chi connectivity index (χ1n) is 9.33. The van der Waals surface area contributed by atoms with Crippen LogP contribution in [0.15, 0.2) is 81.9 Å². The average Bonchev–Trinajstić information content (AvgIpc) is 3.13. The molecule has 3 aromatic carbocycles. The zero-order valence-corrected chi connectivity index (χ0v) is 18.7. The zero-order valence-electron chi connectivity index (χ0n) is 16.3. The van der Waals surface area contributed by atoms with Crippen molar-refractivity contribution in [1.29, 1.82) is 0 Å². The lowest BCUT2D eigenvalue weighted by Gasteiger charge is -2.07. The maximum atomic E-state index is 12.2. The molecule has 0 radical (unpaired) electrons. The largest absolute Gasteiger partial charge is 0.489 e. The summed E-state index contributed by atoms with van der Waals surface area (Å²) in [6.07, 6.45) is 1.58.